The normalized spacial score (nSPS) is 13.4. The van der Waals surface area contributed by atoms with Gasteiger partial charge in [-0.25, -0.2) is 0 Å². The van der Waals surface area contributed by atoms with Gasteiger partial charge in [0.25, 0.3) is 5.91 Å². The van der Waals surface area contributed by atoms with E-state index in [1.165, 1.54) is 18.4 Å². The second-order valence-electron chi connectivity index (χ2n) is 7.17. The molecule has 2 aromatic rings. The van der Waals surface area contributed by atoms with Gasteiger partial charge in [0.15, 0.2) is 0 Å². The summed E-state index contributed by atoms with van der Waals surface area (Å²) in [6, 6.07) is 7.15. The van der Waals surface area contributed by atoms with Crippen LogP contribution in [0.3, 0.4) is 0 Å². The van der Waals surface area contributed by atoms with E-state index in [1.807, 2.05) is 12.1 Å². The Bertz CT molecular complexity index is 937. The molecule has 1 atom stereocenters. The summed E-state index contributed by atoms with van der Waals surface area (Å²) in [5.74, 6) is -1.24. The number of ether oxygens (including phenoxy) is 1. The van der Waals surface area contributed by atoms with Crippen LogP contribution in [-0.2, 0) is 22.4 Å². The highest BCUT2D eigenvalue weighted by Crippen LogP contribution is 2.40. The van der Waals surface area contributed by atoms with Crippen LogP contribution in [0, 0.1) is 5.92 Å². The maximum absolute atomic E-state index is 13.1. The number of benzene rings is 1. The van der Waals surface area contributed by atoms with Crippen LogP contribution in [0.15, 0.2) is 24.3 Å². The molecule has 0 fully saturated rings. The number of amides is 2. The summed E-state index contributed by atoms with van der Waals surface area (Å²) in [5, 5.41) is 15.1. The Morgan fingerprint density at radius 3 is 2.66 bits per heavy atom. The van der Waals surface area contributed by atoms with E-state index < -0.39 is 5.97 Å². The molecule has 0 aliphatic heterocycles. The van der Waals surface area contributed by atoms with Gasteiger partial charge in [-0.2, -0.15) is 0 Å². The van der Waals surface area contributed by atoms with Gasteiger partial charge in [0.2, 0.25) is 5.91 Å². The number of hydrogen-bond acceptors (Lipinski definition) is 5. The van der Waals surface area contributed by atoms with Crippen molar-refractivity contribution in [3.05, 3.63) is 40.3 Å². The summed E-state index contributed by atoms with van der Waals surface area (Å²) in [4.78, 5) is 37.4. The van der Waals surface area contributed by atoms with Gasteiger partial charge < -0.3 is 20.5 Å². The summed E-state index contributed by atoms with van der Waals surface area (Å²) in [5.41, 5.74) is 2.04. The van der Waals surface area contributed by atoms with Crippen molar-refractivity contribution in [3.63, 3.8) is 0 Å². The number of aryl methyl sites for hydroxylation is 1. The van der Waals surface area contributed by atoms with E-state index in [9.17, 15) is 14.4 Å². The predicted molar refractivity (Wildman–Crippen MR) is 112 cm³/mol. The lowest BCUT2D eigenvalue weighted by atomic mass is 10.0. The molecule has 0 bridgehead atoms. The fourth-order valence-electron chi connectivity index (χ4n) is 3.53. The molecule has 1 aromatic carbocycles. The number of methoxy groups -OCH3 is 1. The average molecular weight is 416 g/mol. The number of aliphatic carboxylic acids is 1. The molecular formula is C21H24N2O5S. The molecule has 0 spiro atoms. The van der Waals surface area contributed by atoms with Crippen LogP contribution in [-0.4, -0.2) is 30.0 Å². The third kappa shape index (κ3) is 4.95. The van der Waals surface area contributed by atoms with Crippen molar-refractivity contribution < 1.29 is 24.2 Å². The van der Waals surface area contributed by atoms with Gasteiger partial charge in [0.1, 0.15) is 10.8 Å². The first-order chi connectivity index (χ1) is 13.9. The number of para-hydroxylation sites is 2. The molecule has 3 rings (SSSR count). The molecule has 0 saturated heterocycles. The minimum absolute atomic E-state index is 0.0739. The molecule has 0 saturated carbocycles. The van der Waals surface area contributed by atoms with Crippen LogP contribution in [0.5, 0.6) is 5.75 Å². The Morgan fingerprint density at radius 2 is 1.93 bits per heavy atom. The molecule has 154 valence electrons. The minimum atomic E-state index is -0.933. The number of anilines is 2. The highest BCUT2D eigenvalue weighted by Gasteiger charge is 2.28. The van der Waals surface area contributed by atoms with Crippen molar-refractivity contribution in [2.24, 2.45) is 5.92 Å². The molecule has 1 heterocycles. The van der Waals surface area contributed by atoms with Crippen molar-refractivity contribution in [2.75, 3.05) is 17.7 Å². The number of carboxylic acid groups (broad SMARTS) is 1. The van der Waals surface area contributed by atoms with Gasteiger partial charge >= 0.3 is 5.97 Å². The highest BCUT2D eigenvalue weighted by atomic mass is 32.1. The van der Waals surface area contributed by atoms with Crippen molar-refractivity contribution in [1.82, 2.24) is 0 Å². The molecule has 2 amide bonds. The van der Waals surface area contributed by atoms with Crippen LogP contribution in [0.4, 0.5) is 10.7 Å². The van der Waals surface area contributed by atoms with Crippen molar-refractivity contribution >= 4 is 39.8 Å². The predicted octanol–water partition coefficient (Wildman–Crippen LogP) is 3.94. The molecule has 29 heavy (non-hydrogen) atoms. The Labute approximate surface area is 173 Å². The largest absolute Gasteiger partial charge is 0.495 e. The zero-order valence-corrected chi connectivity index (χ0v) is 17.2. The van der Waals surface area contributed by atoms with Crippen molar-refractivity contribution in [3.8, 4) is 5.75 Å². The SMILES string of the molecule is COc1ccccc1NC(=O)c1c(NC(=O)C[C@H](C)CC(=O)O)sc2c1CCC2. The second-order valence-corrected chi connectivity index (χ2v) is 8.28. The topological polar surface area (TPSA) is 105 Å². The Kier molecular flexibility index (Phi) is 6.53. The van der Waals surface area contributed by atoms with Crippen LogP contribution >= 0.6 is 11.3 Å². The van der Waals surface area contributed by atoms with E-state index in [2.05, 4.69) is 10.6 Å². The van der Waals surface area contributed by atoms with Crippen LogP contribution < -0.4 is 15.4 Å². The van der Waals surface area contributed by atoms with Crippen LogP contribution in [0.2, 0.25) is 0 Å². The summed E-state index contributed by atoms with van der Waals surface area (Å²) in [6.45, 7) is 1.72. The Hall–Kier alpha value is -2.87. The zero-order valence-electron chi connectivity index (χ0n) is 16.4. The summed E-state index contributed by atoms with van der Waals surface area (Å²) >= 11 is 1.43. The zero-order chi connectivity index (χ0) is 21.0. The summed E-state index contributed by atoms with van der Waals surface area (Å²) in [7, 11) is 1.54. The molecule has 0 unspecified atom stereocenters. The lowest BCUT2D eigenvalue weighted by Crippen LogP contribution is -2.20. The maximum Gasteiger partial charge on any atom is 0.303 e. The third-order valence-corrected chi connectivity index (χ3v) is 6.02. The quantitative estimate of drug-likeness (QED) is 0.605. The van der Waals surface area contributed by atoms with Gasteiger partial charge in [-0.05, 0) is 42.9 Å². The van der Waals surface area contributed by atoms with Crippen LogP contribution in [0.25, 0.3) is 0 Å². The Balaban J connectivity index is 1.80. The van der Waals surface area contributed by atoms with Gasteiger partial charge in [-0.3, -0.25) is 14.4 Å². The summed E-state index contributed by atoms with van der Waals surface area (Å²) in [6.07, 6.45) is 2.68. The molecule has 8 heteroatoms. The molecule has 3 N–H and O–H groups in total. The van der Waals surface area contributed by atoms with E-state index in [0.717, 1.165) is 29.7 Å². The molecule has 7 nitrogen and oxygen atoms in total. The van der Waals surface area contributed by atoms with E-state index >= 15 is 0 Å². The van der Waals surface area contributed by atoms with E-state index in [-0.39, 0.29) is 30.6 Å². The fraction of sp³-hybridized carbons (Fsp3) is 0.381. The monoisotopic (exact) mass is 416 g/mol. The number of carbonyl (C=O) groups is 3. The standard InChI is InChI=1S/C21H24N2O5S/c1-12(11-18(25)26)10-17(24)23-21-19(13-6-5-9-16(13)29-21)20(27)22-14-7-3-4-8-15(14)28-2/h3-4,7-8,12H,5-6,9-11H2,1-2H3,(H,22,27)(H,23,24)(H,25,26)/t12-/m0/s1. The second kappa shape index (κ2) is 9.09. The van der Waals surface area contributed by atoms with Gasteiger partial charge in [-0.1, -0.05) is 19.1 Å². The molecular weight excluding hydrogens is 392 g/mol. The number of hydrogen-bond donors (Lipinski definition) is 3. The number of thiophene rings is 1. The van der Waals surface area contributed by atoms with Crippen LogP contribution in [0.1, 0.15) is 47.0 Å². The van der Waals surface area contributed by atoms with E-state index in [4.69, 9.17) is 9.84 Å². The first-order valence-corrected chi connectivity index (χ1v) is 10.3. The molecule has 1 aliphatic rings. The van der Waals surface area contributed by atoms with Gasteiger partial charge in [0.05, 0.1) is 18.4 Å². The maximum atomic E-state index is 13.1. The van der Waals surface area contributed by atoms with Gasteiger partial charge in [-0.15, -0.1) is 11.3 Å². The van der Waals surface area contributed by atoms with E-state index in [1.54, 1.807) is 19.1 Å². The van der Waals surface area contributed by atoms with Gasteiger partial charge in [0, 0.05) is 17.7 Å². The molecule has 0 radical (unpaired) electrons. The lowest BCUT2D eigenvalue weighted by molar-refractivity contribution is -0.138. The van der Waals surface area contributed by atoms with E-state index in [0.29, 0.717) is 22.0 Å². The smallest absolute Gasteiger partial charge is 0.303 e. The molecule has 1 aliphatic carbocycles. The highest BCUT2D eigenvalue weighted by molar-refractivity contribution is 7.17. The fourth-order valence-corrected chi connectivity index (χ4v) is 4.83. The first kappa shape index (κ1) is 20.9. The number of fused-ring (bicyclic) bond motifs is 1. The third-order valence-electron chi connectivity index (χ3n) is 4.81. The van der Waals surface area contributed by atoms with Crippen molar-refractivity contribution in [2.45, 2.75) is 39.0 Å². The minimum Gasteiger partial charge on any atom is -0.495 e. The number of carboxylic acids is 1. The Morgan fingerprint density at radius 1 is 1.17 bits per heavy atom. The molecule has 1 aromatic heterocycles. The lowest BCUT2D eigenvalue weighted by Gasteiger charge is -2.13. The average Bonchev–Trinajstić information content (AvgIpc) is 3.21. The first-order valence-electron chi connectivity index (χ1n) is 9.49. The number of rotatable bonds is 8. The van der Waals surface area contributed by atoms with Crippen molar-refractivity contribution in [1.29, 1.82) is 0 Å². The number of nitrogens with one attached hydrogen (secondary N) is 2. The number of carbonyl (C=O) groups excluding carboxylic acids is 2. The summed E-state index contributed by atoms with van der Waals surface area (Å²) < 4.78 is 5.30.